The maximum atomic E-state index is 12.7. The smallest absolute Gasteiger partial charge is 0.493 e. The molecule has 0 spiro atoms. The summed E-state index contributed by atoms with van der Waals surface area (Å²) in [5, 5.41) is 34.5. The maximum absolute atomic E-state index is 12.7. The van der Waals surface area contributed by atoms with Gasteiger partial charge in [-0.3, -0.25) is 28.8 Å². The van der Waals surface area contributed by atoms with Crippen LogP contribution in [0.15, 0.2) is 223 Å². The van der Waals surface area contributed by atoms with Gasteiger partial charge in [0.2, 0.25) is 0 Å². The Morgan fingerprint density at radius 1 is 0.380 bits per heavy atom. The number of aryl methyl sites for hydroxylation is 9. The Hall–Kier alpha value is -13.1. The van der Waals surface area contributed by atoms with Crippen LogP contribution < -0.4 is 19.7 Å². The van der Waals surface area contributed by atoms with Crippen molar-refractivity contribution in [2.75, 3.05) is 41.2 Å². The standard InChI is InChI=1S/C24H27NO3.C23H25NO3.C15H21BO3.C15H18BrNO2.C15H19NO2.C14H17NO2.C11H11NO2/c1-4-8-19(24(26)27-3)22-18-10-5-6-11-20(18)25(2)23(22)17-12-13-21-16(15-17)9-7-14-28-21;1-3-7-18(23(25)26)21-17-9-4-5-10-19(17)24(2)22(21)16-11-12-20-15(14-16)8-6-13-27-20;1-14(2)15(3,4)19-16(18-14)12-7-8-13-11(10-12)6-5-9-17-13;1-4-7-11(15(18)19-3)13-10-8-5-6-9-12(10)17(2)14(13)16;1-4-7-12(15(17)18-3)13-10-16(2)14-9-6-5-8-11(13)14;1-3-6-11(14(16)17)12-9-15(2)13-8-5-4-7-10(12)13;1-12-7-8(6-11(13)14)9-4-2-3-5-10(9)12/h5-6,10-13,15,19H,4,7-9,14H2,1-3H3;4-5,9-12,14,18H,3,6-8,13H2,1-2H3,(H,25,26);7-8,10H,5-6,9H2,1-4H3;5-6,8-9,11H,4,7H2,1-3H3;5-6,8-10,12H,4,7H2,1-3H3;4-5,7-9,11H,3,6H2,1-2H3,(H,16,17);2-5,7H,6H2,1H3,(H,13,14). The lowest BCUT2D eigenvalue weighted by Gasteiger charge is -2.32. The van der Waals surface area contributed by atoms with E-state index in [0.717, 1.165) is 258 Å². The summed E-state index contributed by atoms with van der Waals surface area (Å²) < 4.78 is 57.8. The van der Waals surface area contributed by atoms with Gasteiger partial charge in [-0.15, -0.1) is 0 Å². The Bertz CT molecular complexity index is 6970. The third-order valence-electron chi connectivity index (χ3n) is 28.1. The molecule has 4 aliphatic rings. The van der Waals surface area contributed by atoms with E-state index in [9.17, 15) is 39.0 Å². The predicted molar refractivity (Wildman–Crippen MR) is 571 cm³/mol. The maximum Gasteiger partial charge on any atom is 0.494 e. The molecule has 142 heavy (non-hydrogen) atoms. The number of rotatable bonds is 25. The highest BCUT2D eigenvalue weighted by molar-refractivity contribution is 9.10. The topological polar surface area (TPSA) is 267 Å². The van der Waals surface area contributed by atoms with E-state index in [0.29, 0.717) is 12.8 Å². The van der Waals surface area contributed by atoms with Gasteiger partial charge in [0, 0.05) is 132 Å². The minimum atomic E-state index is -0.790. The van der Waals surface area contributed by atoms with Crippen LogP contribution in [0.4, 0.5) is 0 Å². The molecule has 5 unspecified atom stereocenters. The number of methoxy groups -OCH3 is 3. The third-order valence-corrected chi connectivity index (χ3v) is 29.1. The molecule has 5 atom stereocenters. The summed E-state index contributed by atoms with van der Waals surface area (Å²) >= 11 is 3.62. The number of benzene rings is 9. The van der Waals surface area contributed by atoms with Gasteiger partial charge < -0.3 is 80.5 Å². The molecule has 10 heterocycles. The first kappa shape index (κ1) is 106. The first-order chi connectivity index (χ1) is 68.3. The van der Waals surface area contributed by atoms with E-state index in [-0.39, 0.29) is 60.4 Å². The molecule has 6 aromatic heterocycles. The molecule has 19 rings (SSSR count). The molecular weight excluding hydrogens is 1850 g/mol. The molecule has 23 nitrogen and oxygen atoms in total. The summed E-state index contributed by atoms with van der Waals surface area (Å²) in [6.07, 6.45) is 20.4. The second kappa shape index (κ2) is 48.1. The van der Waals surface area contributed by atoms with Crippen molar-refractivity contribution in [3.8, 4) is 39.8 Å². The molecule has 4 aliphatic heterocycles. The Balaban J connectivity index is 0.000000141. The number of fused-ring (bicyclic) bond motifs is 9. The van der Waals surface area contributed by atoms with E-state index in [1.54, 1.807) is 0 Å². The quantitative estimate of drug-likeness (QED) is 0.0273. The van der Waals surface area contributed by atoms with Crippen molar-refractivity contribution >= 4 is 130 Å². The first-order valence-corrected chi connectivity index (χ1v) is 50.6. The molecule has 0 saturated carbocycles. The lowest BCUT2D eigenvalue weighted by atomic mass is 9.78. The van der Waals surface area contributed by atoms with Gasteiger partial charge in [-0.2, -0.15) is 0 Å². The summed E-state index contributed by atoms with van der Waals surface area (Å²) in [4.78, 5) is 70.8. The van der Waals surface area contributed by atoms with E-state index in [4.69, 9.17) is 42.8 Å². The monoisotopic (exact) mass is 1990 g/mol. The van der Waals surface area contributed by atoms with Gasteiger partial charge in [0.1, 0.15) is 17.2 Å². The molecule has 3 N–H and O–H groups in total. The van der Waals surface area contributed by atoms with Crippen molar-refractivity contribution in [3.63, 3.8) is 0 Å². The van der Waals surface area contributed by atoms with Crippen molar-refractivity contribution in [3.05, 3.63) is 273 Å². The number of hydrogen-bond acceptors (Lipinski definition) is 14. The second-order valence-corrected chi connectivity index (χ2v) is 38.9. The minimum Gasteiger partial charge on any atom is -0.493 e. The number of nitrogens with zero attached hydrogens (tertiary/aromatic N) is 6. The zero-order valence-corrected chi connectivity index (χ0v) is 87.1. The fourth-order valence-electron chi connectivity index (χ4n) is 20.4. The van der Waals surface area contributed by atoms with E-state index in [1.165, 1.54) is 38.0 Å². The Morgan fingerprint density at radius 3 is 1.12 bits per heavy atom. The number of carboxylic acids is 3. The highest BCUT2D eigenvalue weighted by atomic mass is 79.9. The Labute approximate surface area is 842 Å². The van der Waals surface area contributed by atoms with E-state index < -0.39 is 29.7 Å². The van der Waals surface area contributed by atoms with E-state index in [1.807, 2.05) is 198 Å². The molecule has 1 saturated heterocycles. The van der Waals surface area contributed by atoms with Gasteiger partial charge in [0.05, 0.1) is 104 Å². The number of carbonyl (C=O) groups is 6. The molecule has 0 amide bonds. The lowest BCUT2D eigenvalue weighted by molar-refractivity contribution is -0.143. The summed E-state index contributed by atoms with van der Waals surface area (Å²) in [5.74, 6) is -1.37. The van der Waals surface area contributed by atoms with Gasteiger partial charge >= 0.3 is 42.9 Å². The molecule has 1 fully saturated rings. The minimum absolute atomic E-state index is 0.0847. The number of ether oxygens (including phenoxy) is 6. The van der Waals surface area contributed by atoms with Gasteiger partial charge in [-0.1, -0.05) is 188 Å². The SMILES string of the molecule is CC1(C)OB(c2ccc3c(c2)CCCO3)OC1(C)C.CCCC(C(=O)O)c1c(-c2ccc3c(c2)CCCO3)n(C)c2ccccc12.CCCC(C(=O)O)c1cn(C)c2ccccc12.CCCC(C(=O)OC)c1c(-c2ccc3c(c2)CCCO3)n(C)c2ccccc12.CCCC(C(=O)OC)c1c(Br)n(C)c2ccccc12.CCCC(C(=O)OC)c1cn(C)c2ccccc12.Cn1cc(CC(=O)O)c2ccccc21. The molecule has 748 valence electrons. The van der Waals surface area contributed by atoms with Crippen molar-refractivity contribution in [2.45, 2.75) is 212 Å². The summed E-state index contributed by atoms with van der Waals surface area (Å²) in [6.45, 7) is 21.0. The lowest BCUT2D eigenvalue weighted by Crippen LogP contribution is -2.41. The number of halogens is 1. The van der Waals surface area contributed by atoms with Crippen LogP contribution in [0.25, 0.3) is 87.9 Å². The molecule has 25 heteroatoms. The number of aromatic nitrogens is 6. The van der Waals surface area contributed by atoms with Crippen LogP contribution in [0, 0.1) is 0 Å². The van der Waals surface area contributed by atoms with Crippen molar-refractivity contribution in [1.29, 1.82) is 0 Å². The summed E-state index contributed by atoms with van der Waals surface area (Å²) in [7, 11) is 16.1. The van der Waals surface area contributed by atoms with Crippen LogP contribution in [0.5, 0.6) is 17.2 Å². The average Bonchev–Trinajstić information content (AvgIpc) is 1.81. The zero-order valence-electron chi connectivity index (χ0n) is 85.5. The van der Waals surface area contributed by atoms with Gasteiger partial charge in [-0.25, -0.2) is 0 Å². The summed E-state index contributed by atoms with van der Waals surface area (Å²) in [6, 6.07) is 67.4. The van der Waals surface area contributed by atoms with Crippen LogP contribution >= 0.6 is 15.9 Å². The number of carbonyl (C=O) groups excluding carboxylic acids is 3. The van der Waals surface area contributed by atoms with Gasteiger partial charge in [0.25, 0.3) is 0 Å². The molecular formula is C117H138BBrN6O17. The molecule has 0 bridgehead atoms. The number of hydrogen-bond donors (Lipinski definition) is 3. The second-order valence-electron chi connectivity index (χ2n) is 38.1. The summed E-state index contributed by atoms with van der Waals surface area (Å²) in [5.41, 5.74) is 21.1. The number of para-hydroxylation sites is 6. The van der Waals surface area contributed by atoms with E-state index >= 15 is 0 Å². The van der Waals surface area contributed by atoms with Crippen molar-refractivity contribution in [1.82, 2.24) is 27.4 Å². The van der Waals surface area contributed by atoms with Crippen LogP contribution in [0.1, 0.15) is 225 Å². The van der Waals surface area contributed by atoms with E-state index in [2.05, 4.69) is 169 Å². The van der Waals surface area contributed by atoms with Crippen LogP contribution in [0.3, 0.4) is 0 Å². The highest BCUT2D eigenvalue weighted by Crippen LogP contribution is 2.46. The predicted octanol–water partition coefficient (Wildman–Crippen LogP) is 24.9. The number of esters is 3. The average molecular weight is 1990 g/mol. The molecule has 15 aromatic rings. The molecule has 0 radical (unpaired) electrons. The van der Waals surface area contributed by atoms with Crippen molar-refractivity contribution < 1.29 is 81.8 Å². The van der Waals surface area contributed by atoms with Gasteiger partial charge in [0.15, 0.2) is 0 Å². The van der Waals surface area contributed by atoms with Crippen LogP contribution in [-0.4, -0.2) is 138 Å². The van der Waals surface area contributed by atoms with Crippen molar-refractivity contribution in [2.24, 2.45) is 42.3 Å². The largest absolute Gasteiger partial charge is 0.494 e. The fraction of sp³-hybridized carbons (Fsp3) is 0.385. The molecule has 0 aliphatic carbocycles. The molecule has 9 aromatic carbocycles. The zero-order chi connectivity index (χ0) is 102. The van der Waals surface area contributed by atoms with Gasteiger partial charge in [-0.05, 0) is 254 Å². The Morgan fingerprint density at radius 2 is 0.704 bits per heavy atom. The fourth-order valence-corrected chi connectivity index (χ4v) is 21.0. The normalized spacial score (nSPS) is 14.7. The number of carboxylic acid groups (broad SMARTS) is 3. The van der Waals surface area contributed by atoms with Crippen LogP contribution in [-0.2, 0) is 120 Å². The van der Waals surface area contributed by atoms with Crippen LogP contribution in [0.2, 0.25) is 0 Å². The third kappa shape index (κ3) is 23.4. The first-order valence-electron chi connectivity index (χ1n) is 49.8. The Kier molecular flexibility index (Phi) is 36.0. The highest BCUT2D eigenvalue weighted by Gasteiger charge is 2.52. The number of aliphatic carboxylic acids is 3.